The molecule has 5 nitrogen and oxygen atoms in total. The van der Waals surface area contributed by atoms with Crippen molar-refractivity contribution in [2.45, 2.75) is 26.9 Å². The van der Waals surface area contributed by atoms with Crippen LogP contribution in [-0.4, -0.2) is 43.0 Å². The maximum Gasteiger partial charge on any atom is 1.00 e. The Balaban J connectivity index is 0.00000361. The molecule has 108 valence electrons. The minimum absolute atomic E-state index is 0. The number of hydrogen-bond acceptors (Lipinski definition) is 5. The van der Waals surface area contributed by atoms with Crippen LogP contribution in [0.25, 0.3) is 0 Å². The number of likely N-dealkylation sites (N-methyl/N-ethyl adjacent to an activating group) is 1. The summed E-state index contributed by atoms with van der Waals surface area (Å²) in [4.78, 5) is 1.86. The second-order valence-corrected chi connectivity index (χ2v) is 6.21. The van der Waals surface area contributed by atoms with Crippen LogP contribution in [0.1, 0.15) is 18.1 Å². The monoisotopic (exact) mass is 309 g/mol. The fraction of sp³-hybridized carbons (Fsp3) is 0.538. The van der Waals surface area contributed by atoms with Crippen LogP contribution in [0.2, 0.25) is 0 Å². The van der Waals surface area contributed by atoms with E-state index < -0.39 is 22.0 Å². The minimum Gasteiger partial charge on any atom is -0.748 e. The van der Waals surface area contributed by atoms with Crippen LogP contribution in [0, 0.1) is 13.8 Å². The van der Waals surface area contributed by atoms with E-state index in [2.05, 4.69) is 0 Å². The van der Waals surface area contributed by atoms with Crippen molar-refractivity contribution in [1.29, 1.82) is 0 Å². The number of aliphatic hydroxyl groups excluding tert-OH is 1. The molecule has 1 aromatic rings. The fourth-order valence-electron chi connectivity index (χ4n) is 2.09. The fourth-order valence-corrected chi connectivity index (χ4v) is 2.67. The minimum atomic E-state index is -4.40. The summed E-state index contributed by atoms with van der Waals surface area (Å²) in [7, 11) is -4.40. The van der Waals surface area contributed by atoms with Crippen molar-refractivity contribution in [2.24, 2.45) is 0 Å². The van der Waals surface area contributed by atoms with Crippen LogP contribution in [0.4, 0.5) is 5.69 Å². The Bertz CT molecular complexity index is 513. The number of rotatable bonds is 6. The summed E-state index contributed by atoms with van der Waals surface area (Å²) in [6, 6.07) is 5.97. The van der Waals surface area contributed by atoms with E-state index in [0.717, 1.165) is 16.8 Å². The molecule has 20 heavy (non-hydrogen) atoms. The molecule has 1 aromatic carbocycles. The normalized spacial score (nSPS) is 12.7. The molecule has 0 aliphatic rings. The van der Waals surface area contributed by atoms with E-state index in [1.54, 1.807) is 0 Å². The van der Waals surface area contributed by atoms with Gasteiger partial charge in [-0.1, -0.05) is 6.07 Å². The van der Waals surface area contributed by atoms with Crippen LogP contribution >= 0.6 is 0 Å². The Morgan fingerprint density at radius 2 is 1.75 bits per heavy atom. The van der Waals surface area contributed by atoms with Crippen molar-refractivity contribution in [1.82, 2.24) is 0 Å². The summed E-state index contributed by atoms with van der Waals surface area (Å²) in [5, 5.41) is 9.67. The summed E-state index contributed by atoms with van der Waals surface area (Å²) in [6.45, 7) is 6.61. The van der Waals surface area contributed by atoms with Crippen molar-refractivity contribution < 1.29 is 47.6 Å². The van der Waals surface area contributed by atoms with Gasteiger partial charge < -0.3 is 14.6 Å². The van der Waals surface area contributed by atoms with E-state index in [0.29, 0.717) is 6.54 Å². The third-order valence-electron chi connectivity index (χ3n) is 2.78. The van der Waals surface area contributed by atoms with Crippen molar-refractivity contribution in [3.8, 4) is 0 Å². The van der Waals surface area contributed by atoms with Crippen molar-refractivity contribution in [3.05, 3.63) is 29.3 Å². The molecule has 0 radical (unpaired) electrons. The van der Waals surface area contributed by atoms with Crippen LogP contribution in [0.5, 0.6) is 0 Å². The van der Waals surface area contributed by atoms with Crippen LogP contribution in [-0.2, 0) is 10.1 Å². The Morgan fingerprint density at radius 1 is 1.25 bits per heavy atom. The van der Waals surface area contributed by atoms with E-state index in [9.17, 15) is 18.1 Å². The van der Waals surface area contributed by atoms with E-state index in [4.69, 9.17) is 0 Å². The molecule has 0 bridgehead atoms. The molecular weight excluding hydrogens is 289 g/mol. The Labute approximate surface area is 143 Å². The van der Waals surface area contributed by atoms with Gasteiger partial charge in [0.15, 0.2) is 0 Å². The first kappa shape index (κ1) is 19.9. The van der Waals surface area contributed by atoms with Crippen LogP contribution in [0.15, 0.2) is 18.2 Å². The van der Waals surface area contributed by atoms with Gasteiger partial charge in [-0.05, 0) is 44.0 Å². The number of aryl methyl sites for hydroxylation is 2. The molecule has 0 spiro atoms. The van der Waals surface area contributed by atoms with Gasteiger partial charge in [0.05, 0.1) is 22.0 Å². The van der Waals surface area contributed by atoms with E-state index >= 15 is 0 Å². The third kappa shape index (κ3) is 7.06. The zero-order valence-corrected chi connectivity index (χ0v) is 15.3. The Morgan fingerprint density at radius 3 is 2.15 bits per heavy atom. The molecule has 0 aromatic heterocycles. The van der Waals surface area contributed by atoms with Gasteiger partial charge in [-0.25, -0.2) is 8.42 Å². The van der Waals surface area contributed by atoms with Gasteiger partial charge in [0.25, 0.3) is 0 Å². The van der Waals surface area contributed by atoms with Crippen molar-refractivity contribution >= 4 is 15.8 Å². The molecule has 0 fully saturated rings. The quantitative estimate of drug-likeness (QED) is 0.487. The zero-order chi connectivity index (χ0) is 14.6. The molecular formula is C13H20NNaO4S. The van der Waals surface area contributed by atoms with Gasteiger partial charge in [-0.15, -0.1) is 0 Å². The molecule has 0 saturated heterocycles. The molecule has 0 aliphatic heterocycles. The largest absolute Gasteiger partial charge is 1.00 e. The average molecular weight is 309 g/mol. The maximum absolute atomic E-state index is 10.6. The number of anilines is 1. The van der Waals surface area contributed by atoms with Crippen LogP contribution < -0.4 is 34.5 Å². The predicted octanol–water partition coefficient (Wildman–Crippen LogP) is -1.96. The molecule has 0 amide bonds. The van der Waals surface area contributed by atoms with E-state index in [1.807, 2.05) is 43.9 Å². The smallest absolute Gasteiger partial charge is 0.748 e. The molecule has 0 unspecified atom stereocenters. The number of aliphatic hydroxyl groups is 1. The zero-order valence-electron chi connectivity index (χ0n) is 12.5. The van der Waals surface area contributed by atoms with Gasteiger partial charge in [0.1, 0.15) is 0 Å². The predicted molar refractivity (Wildman–Crippen MR) is 74.4 cm³/mol. The van der Waals surface area contributed by atoms with E-state index in [-0.39, 0.29) is 36.1 Å². The summed E-state index contributed by atoms with van der Waals surface area (Å²) >= 11 is 0. The Hall–Kier alpha value is -0.110. The maximum atomic E-state index is 10.6. The Kier molecular flexibility index (Phi) is 8.32. The second kappa shape index (κ2) is 8.36. The summed E-state index contributed by atoms with van der Waals surface area (Å²) in [5.41, 5.74) is 3.11. The second-order valence-electron chi connectivity index (χ2n) is 4.76. The van der Waals surface area contributed by atoms with Crippen molar-refractivity contribution in [2.75, 3.05) is 23.7 Å². The standard InChI is InChI=1S/C13H21NO4S.Na/c1-4-14(8-13(15)9-19(16,17)18)12-6-10(2)5-11(3)7-12;/h5-7,13,15H,4,8-9H2,1-3H3,(H,16,17,18);/q;+1/p-1/t13-;/m0./s1. The first-order valence-electron chi connectivity index (χ1n) is 6.16. The summed E-state index contributed by atoms with van der Waals surface area (Å²) in [6.07, 6.45) is -1.18. The summed E-state index contributed by atoms with van der Waals surface area (Å²) < 4.78 is 31.9. The van der Waals surface area contributed by atoms with Gasteiger partial charge in [0, 0.05) is 18.8 Å². The average Bonchev–Trinajstić information content (AvgIpc) is 2.21. The van der Waals surface area contributed by atoms with Crippen molar-refractivity contribution in [3.63, 3.8) is 0 Å². The SMILES string of the molecule is CCN(C[C@H](O)CS(=O)(=O)[O-])c1cc(C)cc(C)c1.[Na+]. The molecule has 0 aliphatic carbocycles. The molecule has 7 heteroatoms. The van der Waals surface area contributed by atoms with Gasteiger partial charge in [-0.2, -0.15) is 0 Å². The molecule has 1 atom stereocenters. The first-order valence-corrected chi connectivity index (χ1v) is 7.74. The molecule has 1 rings (SSSR count). The summed E-state index contributed by atoms with van der Waals surface area (Å²) in [5.74, 6) is -0.756. The topological polar surface area (TPSA) is 80.7 Å². The first-order chi connectivity index (χ1) is 8.71. The van der Waals surface area contributed by atoms with Gasteiger partial charge in [0.2, 0.25) is 0 Å². The van der Waals surface area contributed by atoms with Gasteiger partial charge in [-0.3, -0.25) is 0 Å². The van der Waals surface area contributed by atoms with Gasteiger partial charge >= 0.3 is 29.6 Å². The number of nitrogens with zero attached hydrogens (tertiary/aromatic N) is 1. The number of benzene rings is 1. The molecule has 1 N–H and O–H groups in total. The number of hydrogen-bond donors (Lipinski definition) is 1. The van der Waals surface area contributed by atoms with Crippen LogP contribution in [0.3, 0.4) is 0 Å². The van der Waals surface area contributed by atoms with E-state index in [1.165, 1.54) is 0 Å². The third-order valence-corrected chi connectivity index (χ3v) is 3.57. The molecule has 0 saturated carbocycles. The molecule has 0 heterocycles.